The Kier molecular flexibility index (Phi) is 8.46. The molecule has 1 aliphatic heterocycles. The Morgan fingerprint density at radius 2 is 1.95 bits per heavy atom. The summed E-state index contributed by atoms with van der Waals surface area (Å²) < 4.78 is 31.0. The molecule has 1 saturated heterocycles. The van der Waals surface area contributed by atoms with Crippen molar-refractivity contribution in [1.82, 2.24) is 4.67 Å². The summed E-state index contributed by atoms with van der Waals surface area (Å²) in [5, 5.41) is 0.185. The van der Waals surface area contributed by atoms with Gasteiger partial charge in [0.05, 0.1) is 19.3 Å². The molecule has 0 saturated carbocycles. The van der Waals surface area contributed by atoms with Gasteiger partial charge in [0.1, 0.15) is 0 Å². The number of hydrogen-bond donors (Lipinski definition) is 0. The fourth-order valence-electron chi connectivity index (χ4n) is 2.28. The number of carbonyl (C=O) groups excluding carboxylic acids is 1. The molecule has 0 spiro atoms. The van der Waals surface area contributed by atoms with E-state index in [2.05, 4.69) is 0 Å². The molecule has 1 heterocycles. The van der Waals surface area contributed by atoms with Crippen LogP contribution in [0.1, 0.15) is 34.1 Å². The molecule has 0 bridgehead atoms. The van der Waals surface area contributed by atoms with E-state index in [1.165, 1.54) is 11.8 Å². The topological polar surface area (TPSA) is 65.1 Å². The van der Waals surface area contributed by atoms with Crippen LogP contribution in [0, 0.1) is 0 Å². The first-order chi connectivity index (χ1) is 9.96. The Labute approximate surface area is 131 Å². The largest absolute Gasteiger partial charge is 0.408 e. The maximum atomic E-state index is 12.8. The zero-order valence-corrected chi connectivity index (χ0v) is 15.0. The van der Waals surface area contributed by atoms with Gasteiger partial charge in [0.2, 0.25) is 0 Å². The minimum atomic E-state index is -3.28. The van der Waals surface area contributed by atoms with Gasteiger partial charge in [-0.05, 0) is 20.3 Å². The summed E-state index contributed by atoms with van der Waals surface area (Å²) in [5.41, 5.74) is 0. The Balaban J connectivity index is 2.75. The van der Waals surface area contributed by atoms with Crippen LogP contribution in [-0.2, 0) is 23.1 Å². The quantitative estimate of drug-likeness (QED) is 0.598. The maximum absolute atomic E-state index is 12.8. The lowest BCUT2D eigenvalue weighted by Gasteiger charge is -2.31. The van der Waals surface area contributed by atoms with Crippen LogP contribution in [0.3, 0.4) is 0 Å². The molecule has 1 aliphatic rings. The number of ether oxygens (including phenoxy) is 1. The highest BCUT2D eigenvalue weighted by Gasteiger charge is 2.38. The van der Waals surface area contributed by atoms with Crippen molar-refractivity contribution in [1.29, 1.82) is 0 Å². The van der Waals surface area contributed by atoms with Gasteiger partial charge in [0.25, 0.3) is 0 Å². The molecule has 124 valence electrons. The molecule has 0 aliphatic carbocycles. The molecule has 0 radical (unpaired) electrons. The van der Waals surface area contributed by atoms with E-state index in [9.17, 15) is 9.36 Å². The van der Waals surface area contributed by atoms with Gasteiger partial charge in [-0.1, -0.05) is 18.7 Å². The third kappa shape index (κ3) is 5.66. The SMILES string of the molecule is CCOP(=O)(OCC)N(CC)C[C@H]1OCC[C@H]1SC(C)=O. The van der Waals surface area contributed by atoms with Gasteiger partial charge >= 0.3 is 7.75 Å². The van der Waals surface area contributed by atoms with Crippen molar-refractivity contribution in [3.05, 3.63) is 0 Å². The molecule has 1 fully saturated rings. The fourth-order valence-corrected chi connectivity index (χ4v) is 5.00. The summed E-state index contributed by atoms with van der Waals surface area (Å²) in [5.74, 6) is 0. The monoisotopic (exact) mass is 339 g/mol. The summed E-state index contributed by atoms with van der Waals surface area (Å²) in [6, 6.07) is 0. The first-order valence-electron chi connectivity index (χ1n) is 7.40. The van der Waals surface area contributed by atoms with Crippen LogP contribution in [0.2, 0.25) is 0 Å². The van der Waals surface area contributed by atoms with Gasteiger partial charge in [-0.2, -0.15) is 0 Å². The fraction of sp³-hybridized carbons (Fsp3) is 0.923. The first kappa shape index (κ1) is 19.1. The van der Waals surface area contributed by atoms with Gasteiger partial charge in [-0.15, -0.1) is 0 Å². The Bertz CT molecular complexity index is 372. The predicted molar refractivity (Wildman–Crippen MR) is 84.5 cm³/mol. The van der Waals surface area contributed by atoms with Gasteiger partial charge < -0.3 is 4.74 Å². The molecular weight excluding hydrogens is 313 g/mol. The molecule has 2 atom stereocenters. The zero-order chi connectivity index (χ0) is 15.9. The van der Waals surface area contributed by atoms with Crippen molar-refractivity contribution in [2.24, 2.45) is 0 Å². The molecule has 21 heavy (non-hydrogen) atoms. The molecule has 0 aromatic carbocycles. The van der Waals surface area contributed by atoms with Gasteiger partial charge in [-0.25, -0.2) is 9.24 Å². The summed E-state index contributed by atoms with van der Waals surface area (Å²) >= 11 is 1.30. The van der Waals surface area contributed by atoms with Crippen LogP contribution in [0.25, 0.3) is 0 Å². The smallest absolute Gasteiger partial charge is 0.376 e. The van der Waals surface area contributed by atoms with E-state index in [0.29, 0.717) is 32.9 Å². The maximum Gasteiger partial charge on any atom is 0.408 e. The highest BCUT2D eigenvalue weighted by molar-refractivity contribution is 8.14. The number of nitrogens with zero attached hydrogens (tertiary/aromatic N) is 1. The Morgan fingerprint density at radius 3 is 2.43 bits per heavy atom. The molecule has 0 amide bonds. The van der Waals surface area contributed by atoms with Crippen molar-refractivity contribution < 1.29 is 23.1 Å². The van der Waals surface area contributed by atoms with Crippen LogP contribution >= 0.6 is 19.5 Å². The van der Waals surface area contributed by atoms with Crippen LogP contribution in [-0.4, -0.2) is 54.0 Å². The molecular formula is C13H26NO5PS. The second-order valence-electron chi connectivity index (χ2n) is 4.66. The first-order valence-corrected chi connectivity index (χ1v) is 9.77. The lowest BCUT2D eigenvalue weighted by molar-refractivity contribution is -0.109. The highest BCUT2D eigenvalue weighted by Crippen LogP contribution is 2.52. The molecule has 0 aromatic rings. The summed E-state index contributed by atoms with van der Waals surface area (Å²) in [6.07, 6.45) is 0.702. The summed E-state index contributed by atoms with van der Waals surface area (Å²) in [4.78, 5) is 11.3. The van der Waals surface area contributed by atoms with Crippen molar-refractivity contribution in [2.45, 2.75) is 45.5 Å². The van der Waals surface area contributed by atoms with Crippen LogP contribution in [0.4, 0.5) is 0 Å². The van der Waals surface area contributed by atoms with E-state index in [0.717, 1.165) is 6.42 Å². The summed E-state index contributed by atoms with van der Waals surface area (Å²) in [7, 11) is -3.28. The molecule has 8 heteroatoms. The van der Waals surface area contributed by atoms with Crippen molar-refractivity contribution in [3.63, 3.8) is 0 Å². The zero-order valence-electron chi connectivity index (χ0n) is 13.2. The minimum absolute atomic E-state index is 0.0800. The molecule has 0 N–H and O–H groups in total. The van der Waals surface area contributed by atoms with Crippen molar-refractivity contribution >= 4 is 24.6 Å². The molecule has 6 nitrogen and oxygen atoms in total. The number of thioether (sulfide) groups is 1. The number of likely N-dealkylation sites (N-methyl/N-ethyl adjacent to an activating group) is 1. The van der Waals surface area contributed by atoms with Crippen LogP contribution < -0.4 is 0 Å². The second kappa shape index (κ2) is 9.28. The van der Waals surface area contributed by atoms with E-state index in [1.807, 2.05) is 6.92 Å². The third-order valence-corrected chi connectivity index (χ3v) is 6.63. The summed E-state index contributed by atoms with van der Waals surface area (Å²) in [6.45, 7) is 9.31. The lowest BCUT2D eigenvalue weighted by atomic mass is 10.2. The number of carbonyl (C=O) groups is 1. The predicted octanol–water partition coefficient (Wildman–Crippen LogP) is 2.93. The molecule has 0 aromatic heterocycles. The molecule has 1 rings (SSSR count). The lowest BCUT2D eigenvalue weighted by Crippen LogP contribution is -2.35. The average Bonchev–Trinajstić information content (AvgIpc) is 2.82. The minimum Gasteiger partial charge on any atom is -0.376 e. The van der Waals surface area contributed by atoms with Crippen LogP contribution in [0.5, 0.6) is 0 Å². The standard InChI is InChI=1S/C13H26NO5PS/c1-5-14(20(16,18-6-2)19-7-3)10-12-13(8-9-17-12)21-11(4)15/h12-13H,5-10H2,1-4H3/t12-,13-/m1/s1. The Morgan fingerprint density at radius 1 is 1.33 bits per heavy atom. The highest BCUT2D eigenvalue weighted by atomic mass is 32.2. The van der Waals surface area contributed by atoms with E-state index in [-0.39, 0.29) is 16.5 Å². The van der Waals surface area contributed by atoms with E-state index >= 15 is 0 Å². The van der Waals surface area contributed by atoms with E-state index in [4.69, 9.17) is 13.8 Å². The Hall–Kier alpha value is 0.0900. The van der Waals surface area contributed by atoms with E-state index < -0.39 is 7.75 Å². The number of hydrogen-bond acceptors (Lipinski definition) is 6. The normalized spacial score (nSPS) is 22.9. The van der Waals surface area contributed by atoms with Crippen molar-refractivity contribution in [3.8, 4) is 0 Å². The van der Waals surface area contributed by atoms with Crippen LogP contribution in [0.15, 0.2) is 0 Å². The van der Waals surface area contributed by atoms with E-state index in [1.54, 1.807) is 25.4 Å². The van der Waals surface area contributed by atoms with Gasteiger partial charge in [0.15, 0.2) is 5.12 Å². The number of rotatable bonds is 9. The average molecular weight is 339 g/mol. The van der Waals surface area contributed by atoms with Crippen molar-refractivity contribution in [2.75, 3.05) is 32.9 Å². The third-order valence-electron chi connectivity index (χ3n) is 3.15. The second-order valence-corrected chi connectivity index (χ2v) is 8.09. The van der Waals surface area contributed by atoms with Gasteiger partial charge in [-0.3, -0.25) is 13.8 Å². The van der Waals surface area contributed by atoms with Gasteiger partial charge in [0, 0.05) is 31.9 Å². The molecule has 0 unspecified atom stereocenters.